The van der Waals surface area contributed by atoms with E-state index in [4.69, 9.17) is 9.66 Å². The maximum atomic E-state index is 10.6. The lowest BCUT2D eigenvalue weighted by Gasteiger charge is -2.03. The van der Waals surface area contributed by atoms with Gasteiger partial charge in [-0.05, 0) is 12.5 Å². The van der Waals surface area contributed by atoms with Crippen LogP contribution < -0.4 is 0 Å². The molecule has 12 heavy (non-hydrogen) atoms. The summed E-state index contributed by atoms with van der Waals surface area (Å²) in [5, 5.41) is 8.88. The molecule has 0 aliphatic carbocycles. The average Bonchev–Trinajstić information content (AvgIpc) is 1.97. The van der Waals surface area contributed by atoms with E-state index in [0.717, 1.165) is 6.08 Å². The molecule has 0 bridgehead atoms. The highest BCUT2D eigenvalue weighted by molar-refractivity contribution is 7.85. The van der Waals surface area contributed by atoms with E-state index in [1.54, 1.807) is 0 Å². The highest BCUT2D eigenvalue weighted by Crippen LogP contribution is 1.97. The number of ketones is 1. The van der Waals surface area contributed by atoms with Crippen molar-refractivity contribution < 1.29 is 22.9 Å². The second-order valence-electron chi connectivity index (χ2n) is 2.20. The maximum Gasteiger partial charge on any atom is 0.264 e. The lowest BCUT2D eigenvalue weighted by atomic mass is 10.2. The third-order valence-corrected chi connectivity index (χ3v) is 1.93. The van der Waals surface area contributed by atoms with Crippen molar-refractivity contribution in [1.82, 2.24) is 0 Å². The molecule has 0 aliphatic heterocycles. The lowest BCUT2D eigenvalue weighted by Crippen LogP contribution is -2.21. The zero-order chi connectivity index (χ0) is 9.78. The third-order valence-electron chi connectivity index (χ3n) is 1.18. The number of hydrogen-bond acceptors (Lipinski definition) is 4. The Morgan fingerprint density at radius 2 is 2.08 bits per heavy atom. The highest BCUT2D eigenvalue weighted by atomic mass is 32.2. The number of rotatable bonds is 5. The van der Waals surface area contributed by atoms with E-state index in [1.807, 2.05) is 0 Å². The van der Waals surface area contributed by atoms with Crippen LogP contribution in [0.2, 0.25) is 0 Å². The van der Waals surface area contributed by atoms with Crippen molar-refractivity contribution in [1.29, 1.82) is 0 Å². The molecule has 0 spiro atoms. The van der Waals surface area contributed by atoms with E-state index in [2.05, 4.69) is 6.58 Å². The molecule has 5 nitrogen and oxygen atoms in total. The lowest BCUT2D eigenvalue weighted by molar-refractivity contribution is -0.122. The zero-order valence-electron chi connectivity index (χ0n) is 6.30. The molecule has 0 radical (unpaired) electrons. The number of aliphatic hydroxyl groups excluding tert-OH is 1. The van der Waals surface area contributed by atoms with Gasteiger partial charge in [-0.2, -0.15) is 8.42 Å². The topological polar surface area (TPSA) is 91.7 Å². The van der Waals surface area contributed by atoms with Crippen LogP contribution in [0.15, 0.2) is 12.7 Å². The van der Waals surface area contributed by atoms with Crippen LogP contribution in [0.5, 0.6) is 0 Å². The Morgan fingerprint density at radius 3 is 2.42 bits per heavy atom. The SMILES string of the molecule is C=CC(=O)C(O)CCS(=O)(=O)O. The fourth-order valence-corrected chi connectivity index (χ4v) is 1.06. The largest absolute Gasteiger partial charge is 0.385 e. The first-order chi connectivity index (χ1) is 5.37. The van der Waals surface area contributed by atoms with Crippen LogP contribution in [-0.2, 0) is 14.9 Å². The molecule has 0 aromatic heterocycles. The van der Waals surface area contributed by atoms with Crippen LogP contribution in [0.3, 0.4) is 0 Å². The molecule has 6 heteroatoms. The number of carbonyl (C=O) groups excluding carboxylic acids is 1. The smallest absolute Gasteiger partial charge is 0.264 e. The average molecular weight is 194 g/mol. The molecule has 0 rings (SSSR count). The van der Waals surface area contributed by atoms with E-state index in [1.165, 1.54) is 0 Å². The van der Waals surface area contributed by atoms with Crippen molar-refractivity contribution in [2.75, 3.05) is 5.75 Å². The monoisotopic (exact) mass is 194 g/mol. The van der Waals surface area contributed by atoms with Crippen molar-refractivity contribution in [3.05, 3.63) is 12.7 Å². The molecule has 0 fully saturated rings. The predicted molar refractivity (Wildman–Crippen MR) is 42.2 cm³/mol. The van der Waals surface area contributed by atoms with Crippen molar-refractivity contribution in [3.8, 4) is 0 Å². The first-order valence-corrected chi connectivity index (χ1v) is 4.77. The number of carbonyl (C=O) groups is 1. The van der Waals surface area contributed by atoms with Crippen molar-refractivity contribution >= 4 is 15.9 Å². The molecular weight excluding hydrogens is 184 g/mol. The molecule has 0 aromatic rings. The van der Waals surface area contributed by atoms with Crippen LogP contribution in [0, 0.1) is 0 Å². The molecule has 0 heterocycles. The quantitative estimate of drug-likeness (QED) is 0.449. The van der Waals surface area contributed by atoms with Gasteiger partial charge in [0.25, 0.3) is 10.1 Å². The molecule has 0 aromatic carbocycles. The van der Waals surface area contributed by atoms with E-state index < -0.39 is 27.8 Å². The highest BCUT2D eigenvalue weighted by Gasteiger charge is 2.14. The van der Waals surface area contributed by atoms with E-state index in [-0.39, 0.29) is 6.42 Å². The summed E-state index contributed by atoms with van der Waals surface area (Å²) in [5.74, 6) is -1.29. The molecule has 0 saturated heterocycles. The molecule has 2 N–H and O–H groups in total. The zero-order valence-corrected chi connectivity index (χ0v) is 7.12. The van der Waals surface area contributed by atoms with E-state index >= 15 is 0 Å². The maximum absolute atomic E-state index is 10.6. The fraction of sp³-hybridized carbons (Fsp3) is 0.500. The molecule has 70 valence electrons. The summed E-state index contributed by atoms with van der Waals surface area (Å²) in [6.45, 7) is 3.10. The summed E-state index contributed by atoms with van der Waals surface area (Å²) in [7, 11) is -4.11. The summed E-state index contributed by atoms with van der Waals surface area (Å²) in [6.07, 6.45) is -0.817. The van der Waals surface area contributed by atoms with Gasteiger partial charge in [-0.25, -0.2) is 0 Å². The minimum atomic E-state index is -4.11. The summed E-state index contributed by atoms with van der Waals surface area (Å²) in [6, 6.07) is 0. The molecule has 0 saturated carbocycles. The van der Waals surface area contributed by atoms with Crippen LogP contribution in [0.1, 0.15) is 6.42 Å². The van der Waals surface area contributed by atoms with Gasteiger partial charge in [0.1, 0.15) is 6.10 Å². The summed E-state index contributed by atoms with van der Waals surface area (Å²) < 4.78 is 28.6. The van der Waals surface area contributed by atoms with E-state index in [9.17, 15) is 13.2 Å². The van der Waals surface area contributed by atoms with Crippen molar-refractivity contribution in [3.63, 3.8) is 0 Å². The van der Waals surface area contributed by atoms with Crippen LogP contribution in [0.4, 0.5) is 0 Å². The van der Waals surface area contributed by atoms with Crippen LogP contribution in [0.25, 0.3) is 0 Å². The Balaban J connectivity index is 3.96. The van der Waals surface area contributed by atoms with Gasteiger partial charge in [-0.15, -0.1) is 0 Å². The Kier molecular flexibility index (Phi) is 4.08. The van der Waals surface area contributed by atoms with Gasteiger partial charge in [-0.3, -0.25) is 9.35 Å². The van der Waals surface area contributed by atoms with Crippen molar-refractivity contribution in [2.24, 2.45) is 0 Å². The minimum Gasteiger partial charge on any atom is -0.385 e. The molecular formula is C6H10O5S. The van der Waals surface area contributed by atoms with Gasteiger partial charge < -0.3 is 5.11 Å². The van der Waals surface area contributed by atoms with Gasteiger partial charge in [0.2, 0.25) is 0 Å². The van der Waals surface area contributed by atoms with Crippen LogP contribution in [-0.4, -0.2) is 35.7 Å². The summed E-state index contributed by atoms with van der Waals surface area (Å²) in [5.41, 5.74) is 0. The van der Waals surface area contributed by atoms with Crippen LogP contribution >= 0.6 is 0 Å². The number of hydrogen-bond donors (Lipinski definition) is 2. The van der Waals surface area contributed by atoms with E-state index in [0.29, 0.717) is 0 Å². The fourth-order valence-electron chi connectivity index (χ4n) is 0.539. The molecule has 0 aliphatic rings. The summed E-state index contributed by atoms with van der Waals surface area (Å²) >= 11 is 0. The first kappa shape index (κ1) is 11.3. The molecule has 1 unspecified atom stereocenters. The minimum absolute atomic E-state index is 0.316. The first-order valence-electron chi connectivity index (χ1n) is 3.16. The number of aliphatic hydroxyl groups is 1. The summed E-state index contributed by atoms with van der Waals surface area (Å²) in [4.78, 5) is 10.6. The normalized spacial score (nSPS) is 13.8. The Hall–Kier alpha value is -0.720. The van der Waals surface area contributed by atoms with Gasteiger partial charge >= 0.3 is 0 Å². The predicted octanol–water partition coefficient (Wildman–Crippen LogP) is -0.620. The van der Waals surface area contributed by atoms with Gasteiger partial charge in [0.15, 0.2) is 5.78 Å². The second kappa shape index (κ2) is 4.34. The Morgan fingerprint density at radius 1 is 1.58 bits per heavy atom. The molecule has 1 atom stereocenters. The standard InChI is InChI=1S/C6H10O5S/c1-2-5(7)6(8)3-4-12(9,10)11/h2,6,8H,1,3-4H2,(H,9,10,11). The van der Waals surface area contributed by atoms with Crippen molar-refractivity contribution in [2.45, 2.75) is 12.5 Å². The van der Waals surface area contributed by atoms with Gasteiger partial charge in [0, 0.05) is 0 Å². The second-order valence-corrected chi connectivity index (χ2v) is 3.77. The van der Waals surface area contributed by atoms with Gasteiger partial charge in [-0.1, -0.05) is 6.58 Å². The van der Waals surface area contributed by atoms with Gasteiger partial charge in [0.05, 0.1) is 5.75 Å². The Bertz CT molecular complexity index is 266. The third kappa shape index (κ3) is 5.00. The molecule has 0 amide bonds. The Labute approximate surface area is 70.5 Å².